The summed E-state index contributed by atoms with van der Waals surface area (Å²) in [5, 5.41) is 14.9. The Balaban J connectivity index is 1.70. The van der Waals surface area contributed by atoms with Crippen molar-refractivity contribution in [2.24, 2.45) is 11.7 Å². The highest BCUT2D eigenvalue weighted by molar-refractivity contribution is 5.93. The predicted molar refractivity (Wildman–Crippen MR) is 103 cm³/mol. The zero-order chi connectivity index (χ0) is 20.1. The number of fused-ring (bicyclic) bond motifs is 1. The number of rotatable bonds is 2. The number of likely N-dealkylation sites (N-methyl/N-ethyl adjacent to an activating group) is 1. The van der Waals surface area contributed by atoms with Crippen molar-refractivity contribution in [1.29, 1.82) is 0 Å². The van der Waals surface area contributed by atoms with Gasteiger partial charge in [-0.2, -0.15) is 5.10 Å². The number of benzene rings is 1. The van der Waals surface area contributed by atoms with Gasteiger partial charge in [0, 0.05) is 36.8 Å². The number of carbonyl (C=O) groups excluding carboxylic acids is 2. The lowest BCUT2D eigenvalue weighted by Gasteiger charge is -2.13. The van der Waals surface area contributed by atoms with Crippen LogP contribution in [0.15, 0.2) is 24.3 Å². The number of hydrogen-bond donors (Lipinski definition) is 2. The lowest BCUT2D eigenvalue weighted by molar-refractivity contribution is -0.137. The first-order valence-corrected chi connectivity index (χ1v) is 9.30. The molecule has 2 aromatic rings. The molecule has 0 saturated carbocycles. The molecule has 2 aliphatic rings. The second-order valence-electron chi connectivity index (χ2n) is 7.70. The van der Waals surface area contributed by atoms with Gasteiger partial charge in [0.05, 0.1) is 5.69 Å². The topological polar surface area (TPSA) is 101 Å². The molecule has 2 amide bonds. The minimum Gasteiger partial charge on any atom is -0.369 e. The van der Waals surface area contributed by atoms with Crippen LogP contribution in [0.4, 0.5) is 0 Å². The first-order chi connectivity index (χ1) is 13.3. The number of nitrogens with two attached hydrogens (primary N) is 1. The Bertz CT molecular complexity index is 1050. The molecule has 1 aromatic heterocycles. The Kier molecular flexibility index (Phi) is 4.24. The average Bonchev–Trinajstić information content (AvgIpc) is 3.28. The maximum atomic E-state index is 12.1. The predicted octanol–water partition coefficient (Wildman–Crippen LogP) is 0.651. The highest BCUT2D eigenvalue weighted by atomic mass is 16.3. The van der Waals surface area contributed by atoms with Gasteiger partial charge in [-0.1, -0.05) is 24.8 Å². The third kappa shape index (κ3) is 2.96. The van der Waals surface area contributed by atoms with Crippen molar-refractivity contribution in [2.45, 2.75) is 31.8 Å². The van der Waals surface area contributed by atoms with Gasteiger partial charge in [0.25, 0.3) is 11.8 Å². The zero-order valence-electron chi connectivity index (χ0n) is 15.9. The molecule has 7 heteroatoms. The Hall–Kier alpha value is -3.11. The molecule has 7 nitrogen and oxygen atoms in total. The van der Waals surface area contributed by atoms with E-state index >= 15 is 0 Å². The summed E-state index contributed by atoms with van der Waals surface area (Å²) in [6.07, 6.45) is 1.91. The molecule has 0 spiro atoms. The van der Waals surface area contributed by atoms with Crippen molar-refractivity contribution < 1.29 is 14.7 Å². The Morgan fingerprint density at radius 1 is 1.39 bits per heavy atom. The van der Waals surface area contributed by atoms with Crippen molar-refractivity contribution in [3.8, 4) is 17.5 Å². The summed E-state index contributed by atoms with van der Waals surface area (Å²) in [5.41, 5.74) is 7.55. The fourth-order valence-corrected chi connectivity index (χ4v) is 3.93. The molecule has 0 bridgehead atoms. The number of aromatic nitrogens is 2. The van der Waals surface area contributed by atoms with Gasteiger partial charge in [-0.3, -0.25) is 9.59 Å². The molecular weight excluding hydrogens is 356 g/mol. The summed E-state index contributed by atoms with van der Waals surface area (Å²) in [5.74, 6) is 5.18. The van der Waals surface area contributed by atoms with E-state index in [9.17, 15) is 14.7 Å². The summed E-state index contributed by atoms with van der Waals surface area (Å²) in [7, 11) is 1.65. The van der Waals surface area contributed by atoms with Gasteiger partial charge in [0.1, 0.15) is 0 Å². The first-order valence-electron chi connectivity index (χ1n) is 9.30. The minimum atomic E-state index is -1.63. The van der Waals surface area contributed by atoms with Crippen molar-refractivity contribution in [3.63, 3.8) is 0 Å². The van der Waals surface area contributed by atoms with Gasteiger partial charge < -0.3 is 15.7 Å². The van der Waals surface area contributed by atoms with Crippen molar-refractivity contribution in [2.75, 3.05) is 13.6 Å². The van der Waals surface area contributed by atoms with E-state index in [4.69, 9.17) is 5.73 Å². The van der Waals surface area contributed by atoms with Gasteiger partial charge in [-0.25, -0.2) is 4.68 Å². The zero-order valence-corrected chi connectivity index (χ0v) is 15.9. The summed E-state index contributed by atoms with van der Waals surface area (Å²) < 4.78 is 1.76. The molecule has 4 rings (SSSR count). The fraction of sp³-hybridized carbons (Fsp3) is 0.381. The minimum absolute atomic E-state index is 0.293. The number of nitrogens with zero attached hydrogens (tertiary/aromatic N) is 3. The van der Waals surface area contributed by atoms with Crippen LogP contribution >= 0.6 is 0 Å². The lowest BCUT2D eigenvalue weighted by atomic mass is 10.0. The monoisotopic (exact) mass is 378 g/mol. The van der Waals surface area contributed by atoms with Crippen molar-refractivity contribution >= 4 is 11.8 Å². The van der Waals surface area contributed by atoms with E-state index in [1.807, 2.05) is 24.3 Å². The Morgan fingerprint density at radius 2 is 2.18 bits per heavy atom. The summed E-state index contributed by atoms with van der Waals surface area (Å²) in [4.78, 5) is 25.3. The maximum absolute atomic E-state index is 12.1. The molecule has 1 saturated heterocycles. The smallest absolute Gasteiger partial charge is 0.269 e. The van der Waals surface area contributed by atoms with E-state index in [1.165, 1.54) is 4.90 Å². The van der Waals surface area contributed by atoms with Gasteiger partial charge >= 0.3 is 0 Å². The average molecular weight is 378 g/mol. The molecule has 144 valence electrons. The van der Waals surface area contributed by atoms with Gasteiger partial charge in [-0.05, 0) is 37.0 Å². The molecule has 2 atom stereocenters. The Morgan fingerprint density at radius 3 is 2.86 bits per heavy atom. The molecular formula is C21H22N4O3. The largest absolute Gasteiger partial charge is 0.369 e. The summed E-state index contributed by atoms with van der Waals surface area (Å²) in [6, 6.07) is 7.36. The molecule has 2 heterocycles. The van der Waals surface area contributed by atoms with E-state index in [1.54, 1.807) is 11.7 Å². The summed E-state index contributed by atoms with van der Waals surface area (Å²) >= 11 is 0. The van der Waals surface area contributed by atoms with Gasteiger partial charge in [0.2, 0.25) is 5.60 Å². The number of primary amides is 1. The van der Waals surface area contributed by atoms with Crippen LogP contribution in [-0.4, -0.2) is 50.8 Å². The maximum Gasteiger partial charge on any atom is 0.269 e. The van der Waals surface area contributed by atoms with E-state index in [2.05, 4.69) is 23.9 Å². The molecule has 1 unspecified atom stereocenters. The van der Waals surface area contributed by atoms with Crippen LogP contribution in [-0.2, 0) is 17.6 Å². The molecule has 3 N–H and O–H groups in total. The van der Waals surface area contributed by atoms with Crippen LogP contribution in [0.25, 0.3) is 5.69 Å². The van der Waals surface area contributed by atoms with Crippen LogP contribution in [0.3, 0.4) is 0 Å². The van der Waals surface area contributed by atoms with E-state index in [-0.39, 0.29) is 5.91 Å². The molecule has 28 heavy (non-hydrogen) atoms. The standard InChI is InChI=1S/C21H22N4O3/c1-13-10-16-17(11-13)25(23-18(16)19(22)26)15-5-3-4-14(12-15)6-7-21(28)8-9-24(2)20(21)27/h3-5,12-13,28H,8-11H2,1-2H3,(H2,22,26)/t13?,21-/m0/s1. The number of likely N-dealkylation sites (tertiary alicyclic amines) is 1. The highest BCUT2D eigenvalue weighted by Gasteiger charge is 2.42. The van der Waals surface area contributed by atoms with Crippen LogP contribution in [0.2, 0.25) is 0 Å². The van der Waals surface area contributed by atoms with Crippen LogP contribution < -0.4 is 5.73 Å². The van der Waals surface area contributed by atoms with E-state index in [0.717, 1.165) is 29.8 Å². The molecule has 0 radical (unpaired) electrons. The second kappa shape index (κ2) is 6.50. The molecule has 1 aliphatic carbocycles. The number of aliphatic hydroxyl groups is 1. The number of hydrogen-bond acceptors (Lipinski definition) is 4. The van der Waals surface area contributed by atoms with E-state index < -0.39 is 11.5 Å². The van der Waals surface area contributed by atoms with E-state index in [0.29, 0.717) is 30.1 Å². The van der Waals surface area contributed by atoms with Crippen LogP contribution in [0.1, 0.15) is 40.7 Å². The van der Waals surface area contributed by atoms with Crippen molar-refractivity contribution in [1.82, 2.24) is 14.7 Å². The molecule has 1 fully saturated rings. The number of amides is 2. The van der Waals surface area contributed by atoms with Crippen LogP contribution in [0.5, 0.6) is 0 Å². The second-order valence-corrected chi connectivity index (χ2v) is 7.70. The fourth-order valence-electron chi connectivity index (χ4n) is 3.93. The number of carbonyl (C=O) groups is 2. The normalized spacial score (nSPS) is 23.5. The third-order valence-electron chi connectivity index (χ3n) is 5.43. The first kappa shape index (κ1) is 18.3. The quantitative estimate of drug-likeness (QED) is 0.749. The Labute approximate surface area is 163 Å². The van der Waals surface area contributed by atoms with Crippen LogP contribution in [0, 0.1) is 17.8 Å². The third-order valence-corrected chi connectivity index (χ3v) is 5.43. The molecule has 1 aromatic carbocycles. The highest BCUT2D eigenvalue weighted by Crippen LogP contribution is 2.31. The van der Waals surface area contributed by atoms with Crippen molar-refractivity contribution in [3.05, 3.63) is 46.8 Å². The lowest BCUT2D eigenvalue weighted by Crippen LogP contribution is -2.37. The summed E-state index contributed by atoms with van der Waals surface area (Å²) in [6.45, 7) is 2.62. The SMILES string of the molecule is CC1Cc2c(C(N)=O)nn(-c3cccc(C#C[C@]4(O)CCN(C)C4=O)c3)c2C1. The van der Waals surface area contributed by atoms with Gasteiger partial charge in [0.15, 0.2) is 5.69 Å². The van der Waals surface area contributed by atoms with Gasteiger partial charge in [-0.15, -0.1) is 0 Å². The molecule has 1 aliphatic heterocycles.